The van der Waals surface area contributed by atoms with Gasteiger partial charge in [-0.3, -0.25) is 14.9 Å². The first kappa shape index (κ1) is 15.0. The molecule has 1 aliphatic rings. The maximum atomic E-state index is 12.3. The second kappa shape index (κ2) is 5.52. The number of aromatic nitrogens is 1. The minimum atomic E-state index is -1.48. The Labute approximate surface area is 119 Å². The Morgan fingerprint density at radius 3 is 2.81 bits per heavy atom. The summed E-state index contributed by atoms with van der Waals surface area (Å²) < 4.78 is 6.45. The van der Waals surface area contributed by atoms with Gasteiger partial charge in [0.25, 0.3) is 11.6 Å². The van der Waals surface area contributed by atoms with E-state index in [4.69, 9.17) is 4.74 Å². The van der Waals surface area contributed by atoms with Crippen molar-refractivity contribution in [3.05, 3.63) is 28.1 Å². The summed E-state index contributed by atoms with van der Waals surface area (Å²) >= 11 is 0. The molecule has 21 heavy (non-hydrogen) atoms. The average Bonchev–Trinajstić information content (AvgIpc) is 3.05. The number of ether oxygens (including phenoxy) is 1. The standard InChI is InChI=1S/C12H15N3O6/c1-2-14-6-8(15(19)20)5-9(14)10(16)13-12(11(17)18)3-4-21-7-12/h5-6H,2-4,7H2,1H3,(H,13,16)(H,17,18). The number of nitrogens with one attached hydrogen (secondary N) is 1. The van der Waals surface area contributed by atoms with Gasteiger partial charge in [-0.05, 0) is 6.92 Å². The molecule has 2 heterocycles. The number of carbonyl (C=O) groups is 2. The van der Waals surface area contributed by atoms with Crippen molar-refractivity contribution < 1.29 is 24.4 Å². The molecule has 0 bridgehead atoms. The molecule has 1 atom stereocenters. The summed E-state index contributed by atoms with van der Waals surface area (Å²) in [6.45, 7) is 2.20. The van der Waals surface area contributed by atoms with Crippen LogP contribution < -0.4 is 5.32 Å². The van der Waals surface area contributed by atoms with Crippen molar-refractivity contribution in [1.29, 1.82) is 0 Å². The van der Waals surface area contributed by atoms with Gasteiger partial charge in [0.15, 0.2) is 5.54 Å². The van der Waals surface area contributed by atoms with Gasteiger partial charge in [0.05, 0.1) is 17.7 Å². The van der Waals surface area contributed by atoms with Crippen LogP contribution in [-0.2, 0) is 16.1 Å². The Bertz CT molecular complexity index is 588. The Hall–Kier alpha value is -2.42. The number of nitro groups is 1. The van der Waals surface area contributed by atoms with Crippen molar-refractivity contribution in [2.75, 3.05) is 13.2 Å². The number of carbonyl (C=O) groups excluding carboxylic acids is 1. The molecular formula is C12H15N3O6. The summed E-state index contributed by atoms with van der Waals surface area (Å²) in [5.74, 6) is -1.85. The fourth-order valence-corrected chi connectivity index (χ4v) is 2.21. The molecule has 0 radical (unpaired) electrons. The molecule has 0 spiro atoms. The smallest absolute Gasteiger partial charge is 0.331 e. The second-order valence-electron chi connectivity index (χ2n) is 4.77. The highest BCUT2D eigenvalue weighted by molar-refractivity contribution is 5.97. The quantitative estimate of drug-likeness (QED) is 0.598. The van der Waals surface area contributed by atoms with Crippen molar-refractivity contribution in [3.8, 4) is 0 Å². The van der Waals surface area contributed by atoms with E-state index >= 15 is 0 Å². The summed E-state index contributed by atoms with van der Waals surface area (Å²) in [5, 5.41) is 22.5. The molecule has 1 fully saturated rings. The maximum Gasteiger partial charge on any atom is 0.331 e. The largest absolute Gasteiger partial charge is 0.479 e. The Morgan fingerprint density at radius 2 is 2.33 bits per heavy atom. The summed E-state index contributed by atoms with van der Waals surface area (Å²) in [6.07, 6.45) is 1.40. The third-order valence-corrected chi connectivity index (χ3v) is 3.45. The number of amides is 1. The van der Waals surface area contributed by atoms with Crippen LogP contribution in [0.5, 0.6) is 0 Å². The van der Waals surface area contributed by atoms with Crippen LogP contribution in [0.2, 0.25) is 0 Å². The first-order valence-corrected chi connectivity index (χ1v) is 6.38. The molecule has 1 aromatic rings. The van der Waals surface area contributed by atoms with Crippen molar-refractivity contribution in [2.45, 2.75) is 25.4 Å². The fraction of sp³-hybridized carbons (Fsp3) is 0.500. The molecule has 1 amide bonds. The molecule has 2 N–H and O–H groups in total. The summed E-state index contributed by atoms with van der Waals surface area (Å²) in [6, 6.07) is 1.13. The van der Waals surface area contributed by atoms with E-state index in [0.29, 0.717) is 6.54 Å². The number of carboxylic acids is 1. The molecule has 9 nitrogen and oxygen atoms in total. The predicted octanol–water partition coefficient (Wildman–Crippen LogP) is 0.390. The first-order chi connectivity index (χ1) is 9.89. The van der Waals surface area contributed by atoms with Gasteiger partial charge in [-0.2, -0.15) is 0 Å². The highest BCUT2D eigenvalue weighted by Gasteiger charge is 2.44. The van der Waals surface area contributed by atoms with E-state index in [1.165, 1.54) is 10.8 Å². The number of nitrogens with zero attached hydrogens (tertiary/aromatic N) is 2. The van der Waals surface area contributed by atoms with Crippen LogP contribution >= 0.6 is 0 Å². The number of hydrogen-bond acceptors (Lipinski definition) is 5. The minimum absolute atomic E-state index is 0.0525. The van der Waals surface area contributed by atoms with E-state index in [1.54, 1.807) is 6.92 Å². The monoisotopic (exact) mass is 297 g/mol. The van der Waals surface area contributed by atoms with Crippen LogP contribution in [-0.4, -0.2) is 45.2 Å². The van der Waals surface area contributed by atoms with Gasteiger partial charge in [0.1, 0.15) is 5.69 Å². The third kappa shape index (κ3) is 2.72. The van der Waals surface area contributed by atoms with Crippen LogP contribution in [0.25, 0.3) is 0 Å². The van der Waals surface area contributed by atoms with E-state index in [9.17, 15) is 24.8 Å². The predicted molar refractivity (Wildman–Crippen MR) is 70.0 cm³/mol. The normalized spacial score (nSPS) is 21.2. The zero-order chi connectivity index (χ0) is 15.6. The van der Waals surface area contributed by atoms with Crippen molar-refractivity contribution >= 4 is 17.6 Å². The molecule has 0 saturated carbocycles. The fourth-order valence-electron chi connectivity index (χ4n) is 2.21. The summed E-state index contributed by atoms with van der Waals surface area (Å²) in [5.41, 5.74) is -1.64. The Kier molecular flexibility index (Phi) is 3.94. The average molecular weight is 297 g/mol. The molecule has 9 heteroatoms. The van der Waals surface area contributed by atoms with Gasteiger partial charge in [-0.25, -0.2) is 4.79 Å². The summed E-state index contributed by atoms with van der Waals surface area (Å²) in [4.78, 5) is 33.8. The van der Waals surface area contributed by atoms with Crippen molar-refractivity contribution in [2.24, 2.45) is 0 Å². The lowest BCUT2D eigenvalue weighted by Crippen LogP contribution is -2.55. The van der Waals surface area contributed by atoms with Crippen LogP contribution in [0.1, 0.15) is 23.8 Å². The van der Waals surface area contributed by atoms with E-state index in [-0.39, 0.29) is 31.0 Å². The minimum Gasteiger partial charge on any atom is -0.479 e. The van der Waals surface area contributed by atoms with Gasteiger partial charge in [0.2, 0.25) is 0 Å². The molecule has 1 aliphatic heterocycles. The van der Waals surface area contributed by atoms with E-state index in [1.807, 2.05) is 0 Å². The van der Waals surface area contributed by atoms with Crippen molar-refractivity contribution in [3.63, 3.8) is 0 Å². The number of hydrogen-bond donors (Lipinski definition) is 2. The van der Waals surface area contributed by atoms with E-state index in [0.717, 1.165) is 6.07 Å². The Balaban J connectivity index is 2.27. The SMILES string of the molecule is CCn1cc([N+](=O)[O-])cc1C(=O)NC1(C(=O)O)CCOC1. The Morgan fingerprint density at radius 1 is 1.62 bits per heavy atom. The third-order valence-electron chi connectivity index (χ3n) is 3.45. The van der Waals surface area contributed by atoms with Crippen LogP contribution in [0.3, 0.4) is 0 Å². The molecule has 1 aromatic heterocycles. The van der Waals surface area contributed by atoms with E-state index < -0.39 is 22.3 Å². The maximum absolute atomic E-state index is 12.3. The molecular weight excluding hydrogens is 282 g/mol. The summed E-state index contributed by atoms with van der Waals surface area (Å²) in [7, 11) is 0. The van der Waals surface area contributed by atoms with Gasteiger partial charge < -0.3 is 19.7 Å². The second-order valence-corrected chi connectivity index (χ2v) is 4.77. The number of rotatable bonds is 5. The zero-order valence-electron chi connectivity index (χ0n) is 11.4. The molecule has 0 aromatic carbocycles. The van der Waals surface area contributed by atoms with Crippen molar-refractivity contribution in [1.82, 2.24) is 9.88 Å². The molecule has 1 unspecified atom stereocenters. The van der Waals surface area contributed by atoms with Gasteiger partial charge in [0, 0.05) is 25.6 Å². The van der Waals surface area contributed by atoms with Gasteiger partial charge >= 0.3 is 5.97 Å². The lowest BCUT2D eigenvalue weighted by atomic mass is 9.99. The first-order valence-electron chi connectivity index (χ1n) is 6.38. The molecule has 0 aliphatic carbocycles. The highest BCUT2D eigenvalue weighted by atomic mass is 16.6. The topological polar surface area (TPSA) is 124 Å². The van der Waals surface area contributed by atoms with Gasteiger partial charge in [-0.15, -0.1) is 0 Å². The lowest BCUT2D eigenvalue weighted by Gasteiger charge is -2.23. The van der Waals surface area contributed by atoms with Gasteiger partial charge in [-0.1, -0.05) is 0 Å². The number of carboxylic acid groups (broad SMARTS) is 1. The van der Waals surface area contributed by atoms with E-state index in [2.05, 4.69) is 5.32 Å². The zero-order valence-corrected chi connectivity index (χ0v) is 11.4. The molecule has 1 saturated heterocycles. The van der Waals surface area contributed by atoms with Crippen LogP contribution in [0.15, 0.2) is 12.3 Å². The lowest BCUT2D eigenvalue weighted by molar-refractivity contribution is -0.384. The van der Waals surface area contributed by atoms with Crippen LogP contribution in [0, 0.1) is 10.1 Å². The van der Waals surface area contributed by atoms with Crippen LogP contribution in [0.4, 0.5) is 5.69 Å². The molecule has 2 rings (SSSR count). The number of aliphatic carboxylic acids is 1. The highest BCUT2D eigenvalue weighted by Crippen LogP contribution is 2.22. The number of aryl methyl sites for hydroxylation is 1. The molecule has 114 valence electrons.